The molecule has 4 heteroatoms. The lowest BCUT2D eigenvalue weighted by Gasteiger charge is -2.13. The summed E-state index contributed by atoms with van der Waals surface area (Å²) < 4.78 is 0. The highest BCUT2D eigenvalue weighted by Crippen LogP contribution is 2.04. The number of terminal acetylenes is 1. The fourth-order valence-corrected chi connectivity index (χ4v) is 1.15. The summed E-state index contributed by atoms with van der Waals surface area (Å²) in [6.45, 7) is 0.610. The summed E-state index contributed by atoms with van der Waals surface area (Å²) >= 11 is 0. The van der Waals surface area contributed by atoms with Crippen LogP contribution in [0.3, 0.4) is 0 Å². The molecule has 0 atom stereocenters. The number of pyridine rings is 1. The highest BCUT2D eigenvalue weighted by atomic mass is 16.2. The second-order valence-corrected chi connectivity index (χ2v) is 3.11. The van der Waals surface area contributed by atoms with E-state index in [1.165, 1.54) is 4.90 Å². The third-order valence-corrected chi connectivity index (χ3v) is 1.95. The summed E-state index contributed by atoms with van der Waals surface area (Å²) in [5.41, 5.74) is 6.68. The Morgan fingerprint density at radius 3 is 3.07 bits per heavy atom. The van der Waals surface area contributed by atoms with Crippen molar-refractivity contribution in [2.75, 3.05) is 13.6 Å². The maximum Gasteiger partial charge on any atom is 0.254 e. The summed E-state index contributed by atoms with van der Waals surface area (Å²) in [6.07, 6.45) is 6.69. The molecule has 0 aromatic carbocycles. The smallest absolute Gasteiger partial charge is 0.254 e. The van der Waals surface area contributed by atoms with Gasteiger partial charge in [0.25, 0.3) is 5.91 Å². The van der Waals surface area contributed by atoms with Crippen LogP contribution in [0.4, 0.5) is 0 Å². The van der Waals surface area contributed by atoms with Crippen LogP contribution in [-0.2, 0) is 6.54 Å². The van der Waals surface area contributed by atoms with E-state index in [0.29, 0.717) is 24.3 Å². The molecule has 0 spiro atoms. The van der Waals surface area contributed by atoms with Gasteiger partial charge in [-0.05, 0) is 12.1 Å². The highest BCUT2D eigenvalue weighted by Gasteiger charge is 2.10. The van der Waals surface area contributed by atoms with E-state index in [0.717, 1.165) is 0 Å². The van der Waals surface area contributed by atoms with Gasteiger partial charge in [0.2, 0.25) is 0 Å². The van der Waals surface area contributed by atoms with E-state index in [1.807, 2.05) is 0 Å². The van der Waals surface area contributed by atoms with E-state index in [1.54, 1.807) is 25.4 Å². The van der Waals surface area contributed by atoms with Crippen LogP contribution in [0.1, 0.15) is 16.1 Å². The summed E-state index contributed by atoms with van der Waals surface area (Å²) in [5, 5.41) is 0. The zero-order chi connectivity index (χ0) is 11.3. The predicted molar refractivity (Wildman–Crippen MR) is 57.9 cm³/mol. The summed E-state index contributed by atoms with van der Waals surface area (Å²) in [7, 11) is 1.66. The van der Waals surface area contributed by atoms with Crippen LogP contribution < -0.4 is 5.73 Å². The van der Waals surface area contributed by atoms with Crippen molar-refractivity contribution in [3.05, 3.63) is 29.6 Å². The molecule has 1 heterocycles. The lowest BCUT2D eigenvalue weighted by atomic mass is 10.2. The zero-order valence-electron chi connectivity index (χ0n) is 8.60. The van der Waals surface area contributed by atoms with Gasteiger partial charge in [0.05, 0.1) is 12.2 Å². The van der Waals surface area contributed by atoms with E-state index in [4.69, 9.17) is 12.2 Å². The van der Waals surface area contributed by atoms with Gasteiger partial charge in [0, 0.05) is 25.4 Å². The molecule has 0 aliphatic rings. The van der Waals surface area contributed by atoms with Gasteiger partial charge >= 0.3 is 0 Å². The van der Waals surface area contributed by atoms with Crippen LogP contribution in [0.15, 0.2) is 18.3 Å². The molecule has 0 bridgehead atoms. The van der Waals surface area contributed by atoms with Gasteiger partial charge in [0.1, 0.15) is 0 Å². The molecule has 0 fully saturated rings. The van der Waals surface area contributed by atoms with E-state index in [-0.39, 0.29) is 5.91 Å². The first-order valence-corrected chi connectivity index (χ1v) is 4.53. The van der Waals surface area contributed by atoms with E-state index < -0.39 is 0 Å². The predicted octanol–water partition coefficient (Wildman–Crippen LogP) is 0.246. The van der Waals surface area contributed by atoms with E-state index in [9.17, 15) is 4.79 Å². The van der Waals surface area contributed by atoms with E-state index >= 15 is 0 Å². The molecule has 0 aliphatic carbocycles. The van der Waals surface area contributed by atoms with Crippen molar-refractivity contribution in [3.63, 3.8) is 0 Å². The number of rotatable bonds is 3. The quantitative estimate of drug-likeness (QED) is 0.716. The third kappa shape index (κ3) is 2.79. The SMILES string of the molecule is C#CCN(C)C(=O)c1ccnc(CN)c1. The Labute approximate surface area is 89.1 Å². The lowest BCUT2D eigenvalue weighted by Crippen LogP contribution is -2.27. The summed E-state index contributed by atoms with van der Waals surface area (Å²) in [5.74, 6) is 2.29. The number of aromatic nitrogens is 1. The normalized spacial score (nSPS) is 9.40. The van der Waals surface area contributed by atoms with Gasteiger partial charge in [-0.3, -0.25) is 9.78 Å². The summed E-state index contributed by atoms with van der Waals surface area (Å²) in [6, 6.07) is 3.32. The first kappa shape index (κ1) is 11.2. The monoisotopic (exact) mass is 203 g/mol. The number of amides is 1. The molecule has 1 aromatic rings. The van der Waals surface area contributed by atoms with Gasteiger partial charge in [-0.1, -0.05) is 5.92 Å². The molecule has 1 amide bonds. The molecule has 1 rings (SSSR count). The standard InChI is InChI=1S/C11H13N3O/c1-3-6-14(2)11(15)9-4-5-13-10(7-9)8-12/h1,4-5,7H,6,8,12H2,2H3. The Bertz CT molecular complexity index is 395. The number of hydrogen-bond donors (Lipinski definition) is 1. The summed E-state index contributed by atoms with van der Waals surface area (Å²) in [4.78, 5) is 17.2. The number of carbonyl (C=O) groups excluding carboxylic acids is 1. The molecule has 0 saturated heterocycles. The fourth-order valence-electron chi connectivity index (χ4n) is 1.15. The van der Waals surface area contributed by atoms with Crippen LogP contribution in [0.2, 0.25) is 0 Å². The molecule has 4 nitrogen and oxygen atoms in total. The average molecular weight is 203 g/mol. The van der Waals surface area contributed by atoms with Gasteiger partial charge in [0.15, 0.2) is 0 Å². The molecule has 0 aliphatic heterocycles. The number of hydrogen-bond acceptors (Lipinski definition) is 3. The van der Waals surface area contributed by atoms with Gasteiger partial charge in [-0.25, -0.2) is 0 Å². The number of carbonyl (C=O) groups is 1. The van der Waals surface area contributed by atoms with Crippen molar-refractivity contribution >= 4 is 5.91 Å². The Kier molecular flexibility index (Phi) is 3.83. The largest absolute Gasteiger partial charge is 0.331 e. The minimum absolute atomic E-state index is 0.120. The Balaban J connectivity index is 2.87. The molecule has 2 N–H and O–H groups in total. The number of nitrogens with zero attached hydrogens (tertiary/aromatic N) is 2. The molecular formula is C11H13N3O. The third-order valence-electron chi connectivity index (χ3n) is 1.95. The van der Waals surface area contributed by atoms with Crippen molar-refractivity contribution in [2.45, 2.75) is 6.54 Å². The average Bonchev–Trinajstić information content (AvgIpc) is 2.28. The molecule has 0 radical (unpaired) electrons. The first-order valence-electron chi connectivity index (χ1n) is 4.53. The molecule has 78 valence electrons. The second-order valence-electron chi connectivity index (χ2n) is 3.11. The van der Waals surface area contributed by atoms with Crippen molar-refractivity contribution in [3.8, 4) is 12.3 Å². The number of nitrogens with two attached hydrogens (primary N) is 1. The minimum Gasteiger partial charge on any atom is -0.331 e. The van der Waals surface area contributed by atoms with Crippen LogP contribution in [0, 0.1) is 12.3 Å². The van der Waals surface area contributed by atoms with Gasteiger partial charge in [-0.2, -0.15) is 0 Å². The van der Waals surface area contributed by atoms with Gasteiger partial charge < -0.3 is 10.6 Å². The van der Waals surface area contributed by atoms with Crippen molar-refractivity contribution in [1.29, 1.82) is 0 Å². The highest BCUT2D eigenvalue weighted by molar-refractivity contribution is 5.94. The maximum atomic E-state index is 11.8. The Hall–Kier alpha value is -1.86. The van der Waals surface area contributed by atoms with E-state index in [2.05, 4.69) is 10.9 Å². The minimum atomic E-state index is -0.120. The van der Waals surface area contributed by atoms with Crippen LogP contribution >= 0.6 is 0 Å². The molecule has 0 saturated carbocycles. The lowest BCUT2D eigenvalue weighted by molar-refractivity contribution is 0.0812. The van der Waals surface area contributed by atoms with Crippen molar-refractivity contribution < 1.29 is 4.79 Å². The Morgan fingerprint density at radius 1 is 1.73 bits per heavy atom. The van der Waals surface area contributed by atoms with Crippen LogP contribution in [0.5, 0.6) is 0 Å². The first-order chi connectivity index (χ1) is 7.19. The topological polar surface area (TPSA) is 59.2 Å². The van der Waals surface area contributed by atoms with Crippen molar-refractivity contribution in [2.24, 2.45) is 5.73 Å². The second kappa shape index (κ2) is 5.13. The van der Waals surface area contributed by atoms with Crippen molar-refractivity contribution in [1.82, 2.24) is 9.88 Å². The molecular weight excluding hydrogens is 190 g/mol. The molecule has 15 heavy (non-hydrogen) atoms. The molecule has 0 unspecified atom stereocenters. The Morgan fingerprint density at radius 2 is 2.47 bits per heavy atom. The van der Waals surface area contributed by atoms with Gasteiger partial charge in [-0.15, -0.1) is 6.42 Å². The fraction of sp³-hybridized carbons (Fsp3) is 0.273. The maximum absolute atomic E-state index is 11.8. The van der Waals surface area contributed by atoms with Crippen LogP contribution in [0.25, 0.3) is 0 Å². The van der Waals surface area contributed by atoms with Crippen LogP contribution in [-0.4, -0.2) is 29.4 Å². The zero-order valence-corrected chi connectivity index (χ0v) is 8.60. The molecule has 1 aromatic heterocycles.